The van der Waals surface area contributed by atoms with E-state index in [-0.39, 0.29) is 5.78 Å². The third-order valence-corrected chi connectivity index (χ3v) is 2.38. The van der Waals surface area contributed by atoms with E-state index in [4.69, 9.17) is 10.5 Å². The minimum absolute atomic E-state index is 0.134. The van der Waals surface area contributed by atoms with E-state index in [9.17, 15) is 4.79 Å². The molecule has 1 rings (SSSR count). The highest BCUT2D eigenvalue weighted by atomic mass is 16.5. The molecule has 3 nitrogen and oxygen atoms in total. The van der Waals surface area contributed by atoms with Crippen molar-refractivity contribution in [2.45, 2.75) is 33.6 Å². The van der Waals surface area contributed by atoms with Crippen molar-refractivity contribution < 1.29 is 9.53 Å². The second-order valence-corrected chi connectivity index (χ2v) is 4.63. The van der Waals surface area contributed by atoms with Gasteiger partial charge >= 0.3 is 0 Å². The van der Waals surface area contributed by atoms with Crippen molar-refractivity contribution in [2.75, 3.05) is 12.3 Å². The minimum atomic E-state index is 0.134. The topological polar surface area (TPSA) is 52.3 Å². The van der Waals surface area contributed by atoms with Crippen LogP contribution in [0.1, 0.15) is 44.0 Å². The van der Waals surface area contributed by atoms with Gasteiger partial charge in [0.25, 0.3) is 0 Å². The molecule has 1 aromatic rings. The average Bonchev–Trinajstić information content (AvgIpc) is 2.27. The lowest BCUT2D eigenvalue weighted by Crippen LogP contribution is -2.07. The highest BCUT2D eigenvalue weighted by Gasteiger charge is 2.08. The van der Waals surface area contributed by atoms with E-state index in [2.05, 4.69) is 13.8 Å². The summed E-state index contributed by atoms with van der Waals surface area (Å²) in [4.78, 5) is 11.7. The SMILES string of the molecule is CCCC(=O)c1ccc(OCC(C)C)c(N)c1. The van der Waals surface area contributed by atoms with E-state index in [0.717, 1.165) is 6.42 Å². The van der Waals surface area contributed by atoms with Gasteiger partial charge in [0.2, 0.25) is 0 Å². The molecule has 2 N–H and O–H groups in total. The van der Waals surface area contributed by atoms with Gasteiger partial charge in [0, 0.05) is 12.0 Å². The number of nitrogen functional groups attached to an aromatic ring is 1. The molecule has 0 atom stereocenters. The quantitative estimate of drug-likeness (QED) is 0.608. The Balaban J connectivity index is 2.75. The van der Waals surface area contributed by atoms with Gasteiger partial charge in [-0.1, -0.05) is 20.8 Å². The Labute approximate surface area is 103 Å². The summed E-state index contributed by atoms with van der Waals surface area (Å²) in [6, 6.07) is 5.26. The first-order chi connectivity index (χ1) is 8.04. The van der Waals surface area contributed by atoms with Crippen molar-refractivity contribution in [3.05, 3.63) is 23.8 Å². The Kier molecular flexibility index (Phi) is 5.01. The second kappa shape index (κ2) is 6.28. The molecular formula is C14H21NO2. The molecule has 0 bridgehead atoms. The Morgan fingerprint density at radius 3 is 2.65 bits per heavy atom. The smallest absolute Gasteiger partial charge is 0.162 e. The molecular weight excluding hydrogens is 214 g/mol. The summed E-state index contributed by atoms with van der Waals surface area (Å²) in [5.74, 6) is 1.25. The largest absolute Gasteiger partial charge is 0.491 e. The maximum Gasteiger partial charge on any atom is 0.162 e. The number of nitrogens with two attached hydrogens (primary N) is 1. The number of carbonyl (C=O) groups is 1. The fraction of sp³-hybridized carbons (Fsp3) is 0.500. The van der Waals surface area contributed by atoms with E-state index < -0.39 is 0 Å². The van der Waals surface area contributed by atoms with Gasteiger partial charge in [-0.3, -0.25) is 4.79 Å². The summed E-state index contributed by atoms with van der Waals surface area (Å²) in [5.41, 5.74) is 7.07. The molecule has 0 saturated heterocycles. The van der Waals surface area contributed by atoms with Crippen molar-refractivity contribution in [1.29, 1.82) is 0 Å². The fourth-order valence-corrected chi connectivity index (χ4v) is 1.48. The molecule has 0 aliphatic heterocycles. The molecule has 94 valence electrons. The third-order valence-electron chi connectivity index (χ3n) is 2.38. The number of benzene rings is 1. The molecule has 0 saturated carbocycles. The molecule has 0 spiro atoms. The number of hydrogen-bond acceptors (Lipinski definition) is 3. The van der Waals surface area contributed by atoms with Crippen molar-refractivity contribution in [1.82, 2.24) is 0 Å². The lowest BCUT2D eigenvalue weighted by Gasteiger charge is -2.11. The van der Waals surface area contributed by atoms with Crippen molar-refractivity contribution in [3.63, 3.8) is 0 Å². The average molecular weight is 235 g/mol. The zero-order valence-corrected chi connectivity index (χ0v) is 10.8. The van der Waals surface area contributed by atoms with E-state index in [1.54, 1.807) is 18.2 Å². The second-order valence-electron chi connectivity index (χ2n) is 4.63. The van der Waals surface area contributed by atoms with Crippen LogP contribution in [-0.2, 0) is 0 Å². The zero-order chi connectivity index (χ0) is 12.8. The number of anilines is 1. The van der Waals surface area contributed by atoms with Crippen molar-refractivity contribution in [3.8, 4) is 5.75 Å². The third kappa shape index (κ3) is 4.10. The first-order valence-electron chi connectivity index (χ1n) is 6.10. The number of hydrogen-bond donors (Lipinski definition) is 1. The minimum Gasteiger partial charge on any atom is -0.491 e. The van der Waals surface area contributed by atoms with Crippen LogP contribution in [0.25, 0.3) is 0 Å². The molecule has 0 fully saturated rings. The van der Waals surface area contributed by atoms with Crippen molar-refractivity contribution in [2.24, 2.45) is 5.92 Å². The van der Waals surface area contributed by atoms with Gasteiger partial charge < -0.3 is 10.5 Å². The predicted octanol–water partition coefficient (Wildman–Crippen LogP) is 3.29. The highest BCUT2D eigenvalue weighted by molar-refractivity contribution is 5.97. The molecule has 0 aliphatic rings. The van der Waals surface area contributed by atoms with Crippen LogP contribution in [0.5, 0.6) is 5.75 Å². The molecule has 0 aliphatic carbocycles. The first kappa shape index (κ1) is 13.6. The van der Waals surface area contributed by atoms with Gasteiger partial charge in [-0.05, 0) is 30.5 Å². The first-order valence-corrected chi connectivity index (χ1v) is 6.10. The molecule has 3 heteroatoms. The summed E-state index contributed by atoms with van der Waals surface area (Å²) >= 11 is 0. The summed E-state index contributed by atoms with van der Waals surface area (Å²) in [6.07, 6.45) is 1.41. The van der Waals surface area contributed by atoms with Crippen LogP contribution >= 0.6 is 0 Å². The van der Waals surface area contributed by atoms with Crippen LogP contribution in [0, 0.1) is 5.92 Å². The van der Waals surface area contributed by atoms with Gasteiger partial charge in [-0.25, -0.2) is 0 Å². The van der Waals surface area contributed by atoms with Gasteiger partial charge in [0.1, 0.15) is 5.75 Å². The lowest BCUT2D eigenvalue weighted by atomic mass is 10.1. The Morgan fingerprint density at radius 2 is 2.12 bits per heavy atom. The molecule has 0 unspecified atom stereocenters. The van der Waals surface area contributed by atoms with Gasteiger partial charge in [0.15, 0.2) is 5.78 Å². The Morgan fingerprint density at radius 1 is 1.41 bits per heavy atom. The van der Waals surface area contributed by atoms with E-state index in [1.807, 2.05) is 6.92 Å². The normalized spacial score (nSPS) is 10.6. The van der Waals surface area contributed by atoms with Gasteiger partial charge in [-0.15, -0.1) is 0 Å². The number of Topliss-reactive ketones (excluding diaryl/α,β-unsaturated/α-hetero) is 1. The molecule has 0 heterocycles. The standard InChI is InChI=1S/C14H21NO2/c1-4-5-13(16)11-6-7-14(12(15)8-11)17-9-10(2)3/h6-8,10H,4-5,9,15H2,1-3H3. The number of carbonyl (C=O) groups excluding carboxylic acids is 1. The van der Waals surface area contributed by atoms with Crippen LogP contribution in [0.2, 0.25) is 0 Å². The van der Waals surface area contributed by atoms with E-state index in [0.29, 0.717) is 35.9 Å². The van der Waals surface area contributed by atoms with Crippen molar-refractivity contribution >= 4 is 11.5 Å². The fourth-order valence-electron chi connectivity index (χ4n) is 1.48. The zero-order valence-electron chi connectivity index (χ0n) is 10.8. The van der Waals surface area contributed by atoms with Gasteiger partial charge in [-0.2, -0.15) is 0 Å². The van der Waals surface area contributed by atoms with E-state index >= 15 is 0 Å². The lowest BCUT2D eigenvalue weighted by molar-refractivity contribution is 0.0981. The molecule has 0 amide bonds. The van der Waals surface area contributed by atoms with Gasteiger partial charge in [0.05, 0.1) is 12.3 Å². The van der Waals surface area contributed by atoms with Crippen LogP contribution in [0.4, 0.5) is 5.69 Å². The summed E-state index contributed by atoms with van der Waals surface area (Å²) in [5, 5.41) is 0. The summed E-state index contributed by atoms with van der Waals surface area (Å²) in [6.45, 7) is 6.78. The maximum absolute atomic E-state index is 11.7. The van der Waals surface area contributed by atoms with E-state index in [1.165, 1.54) is 0 Å². The number of ether oxygens (including phenoxy) is 1. The molecule has 1 aromatic carbocycles. The highest BCUT2D eigenvalue weighted by Crippen LogP contribution is 2.23. The predicted molar refractivity (Wildman–Crippen MR) is 70.4 cm³/mol. The molecule has 0 radical (unpaired) electrons. The maximum atomic E-state index is 11.7. The van der Waals surface area contributed by atoms with Crippen LogP contribution < -0.4 is 10.5 Å². The molecule has 0 aromatic heterocycles. The number of ketones is 1. The summed E-state index contributed by atoms with van der Waals surface area (Å²) < 4.78 is 5.56. The van der Waals surface area contributed by atoms with Crippen LogP contribution in [0.3, 0.4) is 0 Å². The summed E-state index contributed by atoms with van der Waals surface area (Å²) in [7, 11) is 0. The Hall–Kier alpha value is -1.51. The Bertz CT molecular complexity index is 386. The van der Waals surface area contributed by atoms with Crippen LogP contribution in [0.15, 0.2) is 18.2 Å². The number of rotatable bonds is 6. The molecule has 17 heavy (non-hydrogen) atoms. The monoisotopic (exact) mass is 235 g/mol. The van der Waals surface area contributed by atoms with Crippen LogP contribution in [-0.4, -0.2) is 12.4 Å².